The Morgan fingerprint density at radius 2 is 2.00 bits per heavy atom. The fourth-order valence-electron chi connectivity index (χ4n) is 2.65. The lowest BCUT2D eigenvalue weighted by Gasteiger charge is -2.28. The second-order valence-electron chi connectivity index (χ2n) is 5.99. The van der Waals surface area contributed by atoms with Crippen LogP contribution in [0.2, 0.25) is 0 Å². The van der Waals surface area contributed by atoms with Crippen molar-refractivity contribution in [2.24, 2.45) is 0 Å². The van der Waals surface area contributed by atoms with Gasteiger partial charge in [0, 0.05) is 11.0 Å². The third-order valence-corrected chi connectivity index (χ3v) is 4.12. The Kier molecular flexibility index (Phi) is 4.00. The number of ether oxygens (including phenoxy) is 2. The molecule has 0 aliphatic carbocycles. The highest BCUT2D eigenvalue weighted by atomic mass is 79.9. The highest BCUT2D eigenvalue weighted by Gasteiger charge is 2.33. The van der Waals surface area contributed by atoms with E-state index >= 15 is 0 Å². The molecule has 1 aliphatic rings. The van der Waals surface area contributed by atoms with Crippen LogP contribution in [0.3, 0.4) is 0 Å². The SMILES string of the molecule is CC(C)c1c(C(C)(C)CC(=O)O)cc(Br)c2c1OCO2. The van der Waals surface area contributed by atoms with Crippen LogP contribution in [0.25, 0.3) is 0 Å². The smallest absolute Gasteiger partial charge is 0.304 e. The lowest BCUT2D eigenvalue weighted by Crippen LogP contribution is -2.24. The van der Waals surface area contributed by atoms with Crippen molar-refractivity contribution in [3.05, 3.63) is 21.7 Å². The van der Waals surface area contributed by atoms with Crippen LogP contribution in [0.15, 0.2) is 10.5 Å². The number of hydrogen-bond acceptors (Lipinski definition) is 3. The van der Waals surface area contributed by atoms with E-state index in [0.29, 0.717) is 5.75 Å². The summed E-state index contributed by atoms with van der Waals surface area (Å²) in [4.78, 5) is 11.1. The topological polar surface area (TPSA) is 55.8 Å². The van der Waals surface area contributed by atoms with E-state index in [0.717, 1.165) is 21.3 Å². The van der Waals surface area contributed by atoms with Crippen molar-refractivity contribution in [3.63, 3.8) is 0 Å². The van der Waals surface area contributed by atoms with Crippen LogP contribution in [-0.2, 0) is 10.2 Å². The van der Waals surface area contributed by atoms with Gasteiger partial charge in [0.15, 0.2) is 11.5 Å². The molecule has 0 fully saturated rings. The Hall–Kier alpha value is -1.23. The minimum atomic E-state index is -0.807. The largest absolute Gasteiger partial charge is 0.481 e. The van der Waals surface area contributed by atoms with Crippen molar-refractivity contribution < 1.29 is 19.4 Å². The maximum atomic E-state index is 11.1. The number of carbonyl (C=O) groups is 1. The highest BCUT2D eigenvalue weighted by Crippen LogP contribution is 2.49. The van der Waals surface area contributed by atoms with Gasteiger partial charge in [-0.3, -0.25) is 4.79 Å². The molecule has 1 aromatic carbocycles. The molecule has 0 atom stereocenters. The van der Waals surface area contributed by atoms with Crippen LogP contribution >= 0.6 is 15.9 Å². The first-order chi connectivity index (χ1) is 9.24. The van der Waals surface area contributed by atoms with Crippen LogP contribution in [0.4, 0.5) is 0 Å². The Morgan fingerprint density at radius 3 is 2.55 bits per heavy atom. The van der Waals surface area contributed by atoms with Crippen molar-refractivity contribution in [1.29, 1.82) is 0 Å². The van der Waals surface area contributed by atoms with Gasteiger partial charge in [0.2, 0.25) is 6.79 Å². The zero-order valence-electron chi connectivity index (χ0n) is 12.1. The second kappa shape index (κ2) is 5.28. The van der Waals surface area contributed by atoms with E-state index in [1.54, 1.807) is 0 Å². The number of benzene rings is 1. The van der Waals surface area contributed by atoms with Crippen LogP contribution in [0, 0.1) is 0 Å². The third-order valence-electron chi connectivity index (χ3n) is 3.54. The Morgan fingerprint density at radius 1 is 1.40 bits per heavy atom. The number of hydrogen-bond donors (Lipinski definition) is 1. The molecule has 2 rings (SSSR count). The van der Waals surface area contributed by atoms with E-state index in [1.807, 2.05) is 19.9 Å². The Balaban J connectivity index is 2.64. The molecule has 1 heterocycles. The van der Waals surface area contributed by atoms with Gasteiger partial charge in [-0.05, 0) is 33.5 Å². The highest BCUT2D eigenvalue weighted by molar-refractivity contribution is 9.10. The van der Waals surface area contributed by atoms with Gasteiger partial charge in [0.1, 0.15) is 0 Å². The molecule has 0 aromatic heterocycles. The molecule has 20 heavy (non-hydrogen) atoms. The van der Waals surface area contributed by atoms with E-state index < -0.39 is 11.4 Å². The molecule has 0 bridgehead atoms. The van der Waals surface area contributed by atoms with E-state index in [9.17, 15) is 4.79 Å². The van der Waals surface area contributed by atoms with Gasteiger partial charge < -0.3 is 14.6 Å². The summed E-state index contributed by atoms with van der Waals surface area (Å²) in [5.41, 5.74) is 1.55. The third kappa shape index (κ3) is 2.64. The van der Waals surface area contributed by atoms with Crippen molar-refractivity contribution in [1.82, 2.24) is 0 Å². The molecule has 1 N–H and O–H groups in total. The molecule has 0 amide bonds. The van der Waals surface area contributed by atoms with Gasteiger partial charge in [0.05, 0.1) is 10.9 Å². The van der Waals surface area contributed by atoms with Crippen molar-refractivity contribution in [2.75, 3.05) is 6.79 Å². The maximum Gasteiger partial charge on any atom is 0.304 e. The summed E-state index contributed by atoms with van der Waals surface area (Å²) in [7, 11) is 0. The molecule has 5 heteroatoms. The van der Waals surface area contributed by atoms with E-state index in [4.69, 9.17) is 14.6 Å². The summed E-state index contributed by atoms with van der Waals surface area (Å²) in [6, 6.07) is 1.96. The number of fused-ring (bicyclic) bond motifs is 1. The van der Waals surface area contributed by atoms with Crippen molar-refractivity contribution in [3.8, 4) is 11.5 Å². The fraction of sp³-hybridized carbons (Fsp3) is 0.533. The predicted octanol–water partition coefficient (Wildman–Crippen LogP) is 4.05. The molecule has 1 aliphatic heterocycles. The minimum absolute atomic E-state index is 0.0683. The summed E-state index contributed by atoms with van der Waals surface area (Å²) in [6.07, 6.45) is 0.0683. The molecule has 0 saturated carbocycles. The van der Waals surface area contributed by atoms with Crippen LogP contribution in [-0.4, -0.2) is 17.9 Å². The number of carboxylic acids is 1. The van der Waals surface area contributed by atoms with E-state index in [1.165, 1.54) is 0 Å². The molecule has 110 valence electrons. The standard InChI is InChI=1S/C15H19BrO4/c1-8(2)12-9(15(3,4)6-11(17)18)5-10(16)13-14(12)20-7-19-13/h5,8H,6-7H2,1-4H3,(H,17,18). The summed E-state index contributed by atoms with van der Waals surface area (Å²) in [6.45, 7) is 8.24. The summed E-state index contributed by atoms with van der Waals surface area (Å²) in [5, 5.41) is 9.13. The molecular weight excluding hydrogens is 324 g/mol. The first-order valence-electron chi connectivity index (χ1n) is 6.58. The normalized spacial score (nSPS) is 13.9. The number of carboxylic acid groups (broad SMARTS) is 1. The fourth-order valence-corrected chi connectivity index (χ4v) is 3.18. The molecule has 0 saturated heterocycles. The number of rotatable bonds is 4. The van der Waals surface area contributed by atoms with Crippen LogP contribution in [0.5, 0.6) is 11.5 Å². The lowest BCUT2D eigenvalue weighted by atomic mass is 9.76. The van der Waals surface area contributed by atoms with Crippen LogP contribution in [0.1, 0.15) is 51.2 Å². The Bertz CT molecular complexity index is 549. The molecule has 4 nitrogen and oxygen atoms in total. The average Bonchev–Trinajstić information content (AvgIpc) is 2.75. The summed E-state index contributed by atoms with van der Waals surface area (Å²) in [5.74, 6) is 0.867. The molecule has 0 spiro atoms. The Labute approximate surface area is 127 Å². The van der Waals surface area contributed by atoms with E-state index in [2.05, 4.69) is 29.8 Å². The monoisotopic (exact) mass is 342 g/mol. The molecule has 0 radical (unpaired) electrons. The van der Waals surface area contributed by atoms with Crippen molar-refractivity contribution in [2.45, 2.75) is 45.4 Å². The summed E-state index contributed by atoms with van der Waals surface area (Å²) >= 11 is 3.49. The summed E-state index contributed by atoms with van der Waals surface area (Å²) < 4.78 is 11.9. The molecular formula is C15H19BrO4. The zero-order valence-corrected chi connectivity index (χ0v) is 13.7. The number of halogens is 1. The average molecular weight is 343 g/mol. The van der Waals surface area contributed by atoms with Gasteiger partial charge >= 0.3 is 5.97 Å². The zero-order chi connectivity index (χ0) is 15.1. The maximum absolute atomic E-state index is 11.1. The van der Waals surface area contributed by atoms with Crippen LogP contribution < -0.4 is 9.47 Å². The van der Waals surface area contributed by atoms with Gasteiger partial charge in [-0.15, -0.1) is 0 Å². The molecule has 0 unspecified atom stereocenters. The first kappa shape index (κ1) is 15.2. The second-order valence-corrected chi connectivity index (χ2v) is 6.85. The van der Waals surface area contributed by atoms with Crippen molar-refractivity contribution >= 4 is 21.9 Å². The van der Waals surface area contributed by atoms with Gasteiger partial charge in [-0.1, -0.05) is 27.7 Å². The lowest BCUT2D eigenvalue weighted by molar-refractivity contribution is -0.138. The van der Waals surface area contributed by atoms with E-state index in [-0.39, 0.29) is 19.1 Å². The predicted molar refractivity (Wildman–Crippen MR) is 79.6 cm³/mol. The number of aliphatic carboxylic acids is 1. The van der Waals surface area contributed by atoms with Gasteiger partial charge in [0.25, 0.3) is 0 Å². The minimum Gasteiger partial charge on any atom is -0.481 e. The molecule has 1 aromatic rings. The van der Waals surface area contributed by atoms with Gasteiger partial charge in [-0.2, -0.15) is 0 Å². The first-order valence-corrected chi connectivity index (χ1v) is 7.37. The van der Waals surface area contributed by atoms with Gasteiger partial charge in [-0.25, -0.2) is 0 Å². The quantitative estimate of drug-likeness (QED) is 0.896.